The number of aliphatic hydroxyl groups excluding tert-OH is 2. The molecule has 0 rings (SSSR count). The molecule has 3 N–H and O–H groups in total. The van der Waals surface area contributed by atoms with Gasteiger partial charge in [0.25, 0.3) is 5.91 Å². The van der Waals surface area contributed by atoms with E-state index in [9.17, 15) is 4.79 Å². The van der Waals surface area contributed by atoms with Crippen LogP contribution in [0.3, 0.4) is 0 Å². The van der Waals surface area contributed by atoms with Crippen LogP contribution in [0.5, 0.6) is 0 Å². The van der Waals surface area contributed by atoms with Gasteiger partial charge in [-0.25, -0.2) is 0 Å². The predicted molar refractivity (Wildman–Crippen MR) is 32.0 cm³/mol. The molecule has 0 aromatic heterocycles. The van der Waals surface area contributed by atoms with Crippen molar-refractivity contribution in [1.82, 2.24) is 5.32 Å². The minimum absolute atomic E-state index is 0.352. The van der Waals surface area contributed by atoms with Gasteiger partial charge in [0.2, 0.25) is 5.76 Å². The Kier molecular flexibility index (Phi) is 3.27. The molecule has 0 spiro atoms. The summed E-state index contributed by atoms with van der Waals surface area (Å²) in [7, 11) is 0. The van der Waals surface area contributed by atoms with E-state index in [4.69, 9.17) is 10.2 Å². The van der Waals surface area contributed by atoms with Crippen molar-refractivity contribution in [2.45, 2.75) is 6.92 Å². The average molecular weight is 131 g/mol. The molecule has 4 heteroatoms. The first-order valence-electron chi connectivity index (χ1n) is 2.54. The van der Waals surface area contributed by atoms with E-state index in [-0.39, 0.29) is 0 Å². The molecule has 0 unspecified atom stereocenters. The normalized spacial score (nSPS) is 11.0. The first-order valence-corrected chi connectivity index (χ1v) is 2.54. The van der Waals surface area contributed by atoms with Gasteiger partial charge in [0.15, 0.2) is 0 Å². The van der Waals surface area contributed by atoms with Crippen molar-refractivity contribution in [3.05, 3.63) is 12.0 Å². The molecule has 0 fully saturated rings. The highest BCUT2D eigenvalue weighted by atomic mass is 16.3. The SMILES string of the molecule is CCNC(=O)C(O)=CO. The summed E-state index contributed by atoms with van der Waals surface area (Å²) >= 11 is 0. The maximum atomic E-state index is 10.4. The van der Waals surface area contributed by atoms with Crippen LogP contribution in [0.2, 0.25) is 0 Å². The maximum absolute atomic E-state index is 10.4. The molecule has 0 aromatic carbocycles. The van der Waals surface area contributed by atoms with Crippen molar-refractivity contribution in [2.24, 2.45) is 0 Å². The van der Waals surface area contributed by atoms with Crippen LogP contribution in [0.4, 0.5) is 0 Å². The summed E-state index contributed by atoms with van der Waals surface area (Å²) in [5.41, 5.74) is 0. The standard InChI is InChI=1S/C5H9NO3/c1-2-6-5(9)4(8)3-7/h3,7-8H,2H2,1H3,(H,6,9). The largest absolute Gasteiger partial charge is 0.512 e. The second-order valence-corrected chi connectivity index (χ2v) is 1.37. The van der Waals surface area contributed by atoms with Crippen molar-refractivity contribution < 1.29 is 15.0 Å². The highest BCUT2D eigenvalue weighted by molar-refractivity contribution is 5.90. The van der Waals surface area contributed by atoms with Gasteiger partial charge in [-0.05, 0) is 6.92 Å². The molecule has 0 atom stereocenters. The molecule has 0 aliphatic heterocycles. The minimum atomic E-state index is -0.670. The van der Waals surface area contributed by atoms with Gasteiger partial charge in [-0.15, -0.1) is 0 Å². The summed E-state index contributed by atoms with van der Waals surface area (Å²) in [6, 6.07) is 0. The first-order chi connectivity index (χ1) is 4.22. The van der Waals surface area contributed by atoms with Crippen molar-refractivity contribution in [1.29, 1.82) is 0 Å². The van der Waals surface area contributed by atoms with E-state index < -0.39 is 11.7 Å². The molecule has 0 radical (unpaired) electrons. The van der Waals surface area contributed by atoms with Crippen LogP contribution in [-0.4, -0.2) is 22.7 Å². The number of amides is 1. The number of hydrogen-bond donors (Lipinski definition) is 3. The monoisotopic (exact) mass is 131 g/mol. The van der Waals surface area contributed by atoms with Crippen LogP contribution in [0, 0.1) is 0 Å². The minimum Gasteiger partial charge on any atom is -0.512 e. The molecule has 0 aliphatic carbocycles. The summed E-state index contributed by atoms with van der Waals surface area (Å²) < 4.78 is 0. The summed E-state index contributed by atoms with van der Waals surface area (Å²) in [4.78, 5) is 10.4. The van der Waals surface area contributed by atoms with Crippen LogP contribution in [0.25, 0.3) is 0 Å². The van der Waals surface area contributed by atoms with Crippen LogP contribution >= 0.6 is 0 Å². The number of carbonyl (C=O) groups is 1. The molecule has 0 saturated heterocycles. The molecule has 0 aliphatic rings. The average Bonchev–Trinajstić information content (AvgIpc) is 1.87. The van der Waals surface area contributed by atoms with E-state index in [1.54, 1.807) is 6.92 Å². The molecule has 4 nitrogen and oxygen atoms in total. The number of rotatable bonds is 2. The Morgan fingerprint density at radius 1 is 1.78 bits per heavy atom. The highest BCUT2D eigenvalue weighted by Gasteiger charge is 2.02. The third kappa shape index (κ3) is 2.58. The van der Waals surface area contributed by atoms with Gasteiger partial charge < -0.3 is 15.5 Å². The van der Waals surface area contributed by atoms with Crippen LogP contribution < -0.4 is 5.32 Å². The summed E-state index contributed by atoms with van der Waals surface area (Å²) in [5, 5.41) is 18.8. The fourth-order valence-electron chi connectivity index (χ4n) is 0.310. The molecule has 0 bridgehead atoms. The molecule has 9 heavy (non-hydrogen) atoms. The third-order valence-corrected chi connectivity index (χ3v) is 0.692. The number of nitrogens with one attached hydrogen (secondary N) is 1. The molecule has 52 valence electrons. The van der Waals surface area contributed by atoms with Crippen LogP contribution in [0.15, 0.2) is 12.0 Å². The van der Waals surface area contributed by atoms with Crippen molar-refractivity contribution in [3.8, 4) is 0 Å². The van der Waals surface area contributed by atoms with E-state index in [1.807, 2.05) is 0 Å². The second kappa shape index (κ2) is 3.77. The van der Waals surface area contributed by atoms with Crippen molar-refractivity contribution in [2.75, 3.05) is 6.54 Å². The summed E-state index contributed by atoms with van der Waals surface area (Å²) in [6.45, 7) is 2.14. The zero-order valence-electron chi connectivity index (χ0n) is 5.09. The van der Waals surface area contributed by atoms with Gasteiger partial charge in [-0.2, -0.15) is 0 Å². The Labute approximate surface area is 52.8 Å². The van der Waals surface area contributed by atoms with Gasteiger partial charge >= 0.3 is 0 Å². The summed E-state index contributed by atoms with van der Waals surface area (Å²) in [6.07, 6.45) is 0.352. The number of carbonyl (C=O) groups excluding carboxylic acids is 1. The molecule has 0 aromatic rings. The molecule has 1 amide bonds. The van der Waals surface area contributed by atoms with E-state index in [0.29, 0.717) is 12.8 Å². The van der Waals surface area contributed by atoms with Crippen molar-refractivity contribution in [3.63, 3.8) is 0 Å². The topological polar surface area (TPSA) is 69.6 Å². The number of likely N-dealkylation sites (N-methyl/N-ethyl adjacent to an activating group) is 1. The lowest BCUT2D eigenvalue weighted by Crippen LogP contribution is -2.24. The fraction of sp³-hybridized carbons (Fsp3) is 0.400. The van der Waals surface area contributed by atoms with Crippen LogP contribution in [0.1, 0.15) is 6.92 Å². The second-order valence-electron chi connectivity index (χ2n) is 1.37. The Hall–Kier alpha value is -1.19. The molecular weight excluding hydrogens is 122 g/mol. The molecular formula is C5H9NO3. The lowest BCUT2D eigenvalue weighted by molar-refractivity contribution is -0.120. The molecule has 0 saturated carbocycles. The van der Waals surface area contributed by atoms with E-state index in [2.05, 4.69) is 5.32 Å². The lowest BCUT2D eigenvalue weighted by Gasteiger charge is -1.96. The Morgan fingerprint density at radius 2 is 2.33 bits per heavy atom. The first kappa shape index (κ1) is 7.81. The number of hydrogen-bond acceptors (Lipinski definition) is 3. The summed E-state index contributed by atoms with van der Waals surface area (Å²) in [5.74, 6) is -1.34. The zero-order valence-corrected chi connectivity index (χ0v) is 5.09. The Morgan fingerprint density at radius 3 is 2.67 bits per heavy atom. The van der Waals surface area contributed by atoms with E-state index >= 15 is 0 Å². The predicted octanol–water partition coefficient (Wildman–Crippen LogP) is 0.0799. The lowest BCUT2D eigenvalue weighted by atomic mass is 10.5. The fourth-order valence-corrected chi connectivity index (χ4v) is 0.310. The van der Waals surface area contributed by atoms with Gasteiger partial charge in [0.05, 0.1) is 0 Å². The zero-order chi connectivity index (χ0) is 7.28. The Balaban J connectivity index is 3.74. The number of aliphatic hydroxyl groups is 2. The van der Waals surface area contributed by atoms with E-state index in [1.165, 1.54) is 0 Å². The van der Waals surface area contributed by atoms with E-state index in [0.717, 1.165) is 0 Å². The van der Waals surface area contributed by atoms with Gasteiger partial charge in [0.1, 0.15) is 6.26 Å². The van der Waals surface area contributed by atoms with Crippen molar-refractivity contribution >= 4 is 5.91 Å². The Bertz CT molecular complexity index is 130. The quantitative estimate of drug-likeness (QED) is 0.367. The van der Waals surface area contributed by atoms with Gasteiger partial charge in [0, 0.05) is 6.54 Å². The van der Waals surface area contributed by atoms with Gasteiger partial charge in [-0.1, -0.05) is 0 Å². The van der Waals surface area contributed by atoms with Gasteiger partial charge in [-0.3, -0.25) is 4.79 Å². The highest BCUT2D eigenvalue weighted by Crippen LogP contribution is 1.82. The smallest absolute Gasteiger partial charge is 0.289 e. The molecule has 0 heterocycles. The van der Waals surface area contributed by atoms with Crippen LogP contribution in [-0.2, 0) is 4.79 Å². The third-order valence-electron chi connectivity index (χ3n) is 0.692. The maximum Gasteiger partial charge on any atom is 0.289 e.